The number of aryl methyl sites for hydroxylation is 1. The van der Waals surface area contributed by atoms with Crippen LogP contribution in [0, 0.1) is 6.92 Å². The fourth-order valence-electron chi connectivity index (χ4n) is 3.25. The first-order valence-corrected chi connectivity index (χ1v) is 9.15. The number of rotatable bonds is 5. The van der Waals surface area contributed by atoms with E-state index in [2.05, 4.69) is 10.3 Å². The third-order valence-corrected chi connectivity index (χ3v) is 4.65. The summed E-state index contributed by atoms with van der Waals surface area (Å²) in [6, 6.07) is 18.1. The molecule has 0 spiro atoms. The zero-order valence-corrected chi connectivity index (χ0v) is 16.1. The number of fused-ring (bicyclic) bond motifs is 1. The highest BCUT2D eigenvalue weighted by atomic mass is 16.5. The molecule has 0 bridgehead atoms. The third kappa shape index (κ3) is 3.50. The van der Waals surface area contributed by atoms with E-state index in [1.165, 1.54) is 4.68 Å². The molecule has 0 radical (unpaired) electrons. The van der Waals surface area contributed by atoms with Crippen molar-refractivity contribution in [1.82, 2.24) is 14.3 Å². The number of aromatic nitrogens is 3. The highest BCUT2D eigenvalue weighted by Gasteiger charge is 2.18. The highest BCUT2D eigenvalue weighted by Crippen LogP contribution is 2.23. The van der Waals surface area contributed by atoms with Crippen molar-refractivity contribution in [2.75, 3.05) is 12.4 Å². The molecule has 0 saturated carbocycles. The van der Waals surface area contributed by atoms with Crippen molar-refractivity contribution in [2.45, 2.75) is 13.5 Å². The van der Waals surface area contributed by atoms with Gasteiger partial charge in [-0.25, -0.2) is 9.67 Å². The van der Waals surface area contributed by atoms with Gasteiger partial charge in [-0.1, -0.05) is 29.8 Å². The van der Waals surface area contributed by atoms with Crippen LogP contribution in [0.4, 0.5) is 5.69 Å². The minimum absolute atomic E-state index is 0.0817. The van der Waals surface area contributed by atoms with E-state index in [-0.39, 0.29) is 18.0 Å². The molecule has 1 amide bonds. The number of amides is 1. The van der Waals surface area contributed by atoms with Gasteiger partial charge in [0.15, 0.2) is 5.65 Å². The lowest BCUT2D eigenvalue weighted by Crippen LogP contribution is -2.27. The first kappa shape index (κ1) is 18.5. The van der Waals surface area contributed by atoms with E-state index < -0.39 is 0 Å². The average Bonchev–Trinajstić information content (AvgIpc) is 3.01. The van der Waals surface area contributed by atoms with Gasteiger partial charge >= 0.3 is 0 Å². The number of nitrogens with one attached hydrogen (secondary N) is 1. The summed E-state index contributed by atoms with van der Waals surface area (Å²) in [7, 11) is 1.55. The van der Waals surface area contributed by atoms with Gasteiger partial charge in [-0.3, -0.25) is 14.3 Å². The Balaban J connectivity index is 1.76. The molecule has 4 aromatic rings. The van der Waals surface area contributed by atoms with Crippen molar-refractivity contribution in [3.63, 3.8) is 0 Å². The van der Waals surface area contributed by atoms with Crippen LogP contribution in [0.2, 0.25) is 0 Å². The molecule has 2 heterocycles. The first-order valence-electron chi connectivity index (χ1n) is 9.15. The number of pyridine rings is 1. The van der Waals surface area contributed by atoms with E-state index in [1.54, 1.807) is 42.3 Å². The van der Waals surface area contributed by atoms with E-state index in [0.717, 1.165) is 5.56 Å². The number of para-hydroxylation sites is 2. The SMILES string of the molecule is COc1ccccc1NC(=O)Cn1c2ncccc2c(=O)n1-c1ccc(C)cc1. The van der Waals surface area contributed by atoms with Crippen LogP contribution in [-0.4, -0.2) is 27.4 Å². The zero-order valence-electron chi connectivity index (χ0n) is 16.1. The maximum absolute atomic E-state index is 13.0. The van der Waals surface area contributed by atoms with Crippen LogP contribution in [-0.2, 0) is 11.3 Å². The number of methoxy groups -OCH3 is 1. The predicted octanol–water partition coefficient (Wildman–Crippen LogP) is 3.14. The first-order chi connectivity index (χ1) is 14.1. The molecule has 0 aliphatic carbocycles. The van der Waals surface area contributed by atoms with Gasteiger partial charge < -0.3 is 10.1 Å². The second kappa shape index (κ2) is 7.63. The van der Waals surface area contributed by atoms with Crippen molar-refractivity contribution >= 4 is 22.6 Å². The van der Waals surface area contributed by atoms with E-state index in [9.17, 15) is 9.59 Å². The van der Waals surface area contributed by atoms with Gasteiger partial charge in [0.25, 0.3) is 5.56 Å². The van der Waals surface area contributed by atoms with Crippen molar-refractivity contribution in [3.8, 4) is 11.4 Å². The summed E-state index contributed by atoms with van der Waals surface area (Å²) in [6.45, 7) is 1.89. The Morgan fingerprint density at radius 1 is 1.07 bits per heavy atom. The van der Waals surface area contributed by atoms with Crippen molar-refractivity contribution in [3.05, 3.63) is 82.8 Å². The number of hydrogen-bond acceptors (Lipinski definition) is 4. The Bertz CT molecular complexity index is 1240. The number of nitrogens with zero attached hydrogens (tertiary/aromatic N) is 3. The number of anilines is 1. The summed E-state index contributed by atoms with van der Waals surface area (Å²) >= 11 is 0. The smallest absolute Gasteiger partial charge is 0.280 e. The monoisotopic (exact) mass is 388 g/mol. The molecular weight excluding hydrogens is 368 g/mol. The van der Waals surface area contributed by atoms with Gasteiger partial charge in [-0.2, -0.15) is 0 Å². The summed E-state index contributed by atoms with van der Waals surface area (Å²) in [5, 5.41) is 3.30. The molecule has 146 valence electrons. The van der Waals surface area contributed by atoms with Crippen molar-refractivity contribution in [2.24, 2.45) is 0 Å². The summed E-state index contributed by atoms with van der Waals surface area (Å²) < 4.78 is 8.36. The van der Waals surface area contributed by atoms with Crippen LogP contribution in [0.15, 0.2) is 71.7 Å². The fourth-order valence-corrected chi connectivity index (χ4v) is 3.25. The molecule has 7 heteroatoms. The molecule has 0 aliphatic heterocycles. The minimum Gasteiger partial charge on any atom is -0.495 e. The van der Waals surface area contributed by atoms with Gasteiger partial charge in [0.1, 0.15) is 12.3 Å². The Morgan fingerprint density at radius 3 is 2.59 bits per heavy atom. The summed E-state index contributed by atoms with van der Waals surface area (Å²) in [4.78, 5) is 30.2. The van der Waals surface area contributed by atoms with Crippen molar-refractivity contribution in [1.29, 1.82) is 0 Å². The van der Waals surface area contributed by atoms with Crippen LogP contribution in [0.5, 0.6) is 5.75 Å². The number of carbonyl (C=O) groups excluding carboxylic acids is 1. The Hall–Kier alpha value is -3.87. The Kier molecular flexibility index (Phi) is 4.87. The molecule has 0 atom stereocenters. The zero-order chi connectivity index (χ0) is 20.4. The quantitative estimate of drug-likeness (QED) is 0.570. The van der Waals surface area contributed by atoms with Crippen LogP contribution >= 0.6 is 0 Å². The molecule has 2 aromatic heterocycles. The van der Waals surface area contributed by atoms with Crippen LogP contribution in [0.3, 0.4) is 0 Å². The summed E-state index contributed by atoms with van der Waals surface area (Å²) in [6.07, 6.45) is 1.61. The molecule has 0 aliphatic rings. The highest BCUT2D eigenvalue weighted by molar-refractivity contribution is 5.92. The number of carbonyl (C=O) groups is 1. The topological polar surface area (TPSA) is 78.2 Å². The number of ether oxygens (including phenoxy) is 1. The Morgan fingerprint density at radius 2 is 1.83 bits per heavy atom. The molecule has 1 N–H and O–H groups in total. The third-order valence-electron chi connectivity index (χ3n) is 4.65. The van der Waals surface area contributed by atoms with Gasteiger partial charge in [0.2, 0.25) is 5.91 Å². The normalized spacial score (nSPS) is 10.8. The van der Waals surface area contributed by atoms with Gasteiger partial charge in [-0.15, -0.1) is 0 Å². The fraction of sp³-hybridized carbons (Fsp3) is 0.136. The summed E-state index contributed by atoms with van der Waals surface area (Å²) in [5.74, 6) is 0.269. The molecule has 0 fully saturated rings. The number of hydrogen-bond donors (Lipinski definition) is 1. The number of benzene rings is 2. The lowest BCUT2D eigenvalue weighted by Gasteiger charge is -2.14. The van der Waals surface area contributed by atoms with Crippen LogP contribution < -0.4 is 15.6 Å². The molecule has 4 rings (SSSR count). The molecule has 0 saturated heterocycles. The largest absolute Gasteiger partial charge is 0.495 e. The van der Waals surface area contributed by atoms with E-state index >= 15 is 0 Å². The summed E-state index contributed by atoms with van der Waals surface area (Å²) in [5.41, 5.74) is 2.55. The molecular formula is C22H20N4O3. The lowest BCUT2D eigenvalue weighted by atomic mass is 10.2. The second-order valence-electron chi connectivity index (χ2n) is 6.63. The molecule has 7 nitrogen and oxygen atoms in total. The maximum atomic E-state index is 13.0. The standard InChI is InChI=1S/C22H20N4O3/c1-15-9-11-16(12-10-15)26-22(28)17-6-5-13-23-21(17)25(26)14-20(27)24-18-7-3-4-8-19(18)29-2/h3-13H,14H2,1-2H3,(H,24,27). The van der Waals surface area contributed by atoms with Gasteiger partial charge in [0.05, 0.1) is 23.9 Å². The van der Waals surface area contributed by atoms with Gasteiger partial charge in [0, 0.05) is 6.20 Å². The minimum atomic E-state index is -0.294. The molecule has 2 aromatic carbocycles. The predicted molar refractivity (Wildman–Crippen MR) is 112 cm³/mol. The van der Waals surface area contributed by atoms with E-state index in [1.807, 2.05) is 43.3 Å². The Labute approximate surface area is 167 Å². The average molecular weight is 388 g/mol. The molecule has 29 heavy (non-hydrogen) atoms. The van der Waals surface area contributed by atoms with Gasteiger partial charge in [-0.05, 0) is 43.3 Å². The van der Waals surface area contributed by atoms with E-state index in [4.69, 9.17) is 4.74 Å². The molecule has 0 unspecified atom stereocenters. The lowest BCUT2D eigenvalue weighted by molar-refractivity contribution is -0.117. The maximum Gasteiger partial charge on any atom is 0.280 e. The second-order valence-corrected chi connectivity index (χ2v) is 6.63. The van der Waals surface area contributed by atoms with Crippen molar-refractivity contribution < 1.29 is 9.53 Å². The van der Waals surface area contributed by atoms with E-state index in [0.29, 0.717) is 28.2 Å². The van der Waals surface area contributed by atoms with Crippen LogP contribution in [0.25, 0.3) is 16.7 Å². The van der Waals surface area contributed by atoms with Crippen LogP contribution in [0.1, 0.15) is 5.56 Å².